The van der Waals surface area contributed by atoms with Crippen molar-refractivity contribution in [3.63, 3.8) is 0 Å². The molecule has 0 saturated heterocycles. The molecule has 1 amide bonds. The summed E-state index contributed by atoms with van der Waals surface area (Å²) in [6, 6.07) is 8.79. The normalized spacial score (nSPS) is 10.9. The average molecular weight is 484 g/mol. The minimum Gasteiger partial charge on any atom is -0.506 e. The van der Waals surface area contributed by atoms with Gasteiger partial charge in [-0.05, 0) is 46.6 Å². The number of unbranched alkanes of at least 4 members (excludes halogenated alkanes) is 1. The Balaban J connectivity index is 2.20. The maximum atomic E-state index is 11.9. The number of phenols is 1. The lowest BCUT2D eigenvalue weighted by molar-refractivity contribution is -0.116. The molecule has 7 heteroatoms. The summed E-state index contributed by atoms with van der Waals surface area (Å²) >= 11 is 6.68. The Morgan fingerprint density at radius 2 is 2.08 bits per heavy atom. The fraction of sp³-hybridized carbons (Fsp3) is 0.263. The van der Waals surface area contributed by atoms with Crippen LogP contribution >= 0.6 is 31.9 Å². The number of nitrogens with zero attached hydrogens (tertiary/aromatic N) is 1. The van der Waals surface area contributed by atoms with Crippen molar-refractivity contribution in [2.45, 2.75) is 26.2 Å². The predicted octanol–water partition coefficient (Wildman–Crippen LogP) is 5.81. The average Bonchev–Trinajstić information content (AvgIpc) is 2.62. The smallest absolute Gasteiger partial charge is 0.224 e. The van der Waals surface area contributed by atoms with Gasteiger partial charge in [-0.25, -0.2) is 0 Å². The number of amides is 1. The molecule has 0 aliphatic rings. The lowest BCUT2D eigenvalue weighted by atomic mass is 10.2. The number of halogens is 2. The van der Waals surface area contributed by atoms with Crippen molar-refractivity contribution in [2.24, 2.45) is 4.99 Å². The van der Waals surface area contributed by atoms with E-state index in [-0.39, 0.29) is 11.7 Å². The number of methoxy groups -OCH3 is 1. The zero-order valence-electron chi connectivity index (χ0n) is 14.6. The number of anilines is 1. The van der Waals surface area contributed by atoms with Gasteiger partial charge in [0.15, 0.2) is 0 Å². The molecule has 0 bridgehead atoms. The standard InChI is InChI=1S/C19H20Br2N2O3/c1-3-4-5-18(24)23-16-7-6-14(10-17(16)26-2)22-11-12-8-13(20)9-15(21)19(12)25/h6-11,25H,3-5H2,1-2H3,(H,23,24). The van der Waals surface area contributed by atoms with Crippen LogP contribution in [0, 0.1) is 0 Å². The molecule has 0 aliphatic heterocycles. The molecular weight excluding hydrogens is 464 g/mol. The van der Waals surface area contributed by atoms with E-state index in [4.69, 9.17) is 4.74 Å². The van der Waals surface area contributed by atoms with E-state index in [1.54, 1.807) is 43.7 Å². The summed E-state index contributed by atoms with van der Waals surface area (Å²) in [4.78, 5) is 16.3. The zero-order chi connectivity index (χ0) is 19.1. The Kier molecular flexibility index (Phi) is 7.66. The molecule has 0 aliphatic carbocycles. The van der Waals surface area contributed by atoms with Gasteiger partial charge in [-0.2, -0.15) is 0 Å². The fourth-order valence-corrected chi connectivity index (χ4v) is 3.50. The number of phenolic OH excluding ortho intramolecular Hbond substituents is 1. The maximum Gasteiger partial charge on any atom is 0.224 e. The van der Waals surface area contributed by atoms with Gasteiger partial charge in [-0.15, -0.1) is 0 Å². The van der Waals surface area contributed by atoms with Gasteiger partial charge < -0.3 is 15.2 Å². The largest absolute Gasteiger partial charge is 0.506 e. The second-order valence-electron chi connectivity index (χ2n) is 5.62. The molecule has 0 atom stereocenters. The molecule has 2 aromatic rings. The summed E-state index contributed by atoms with van der Waals surface area (Å²) in [6.07, 6.45) is 3.87. The Bertz CT molecular complexity index is 823. The van der Waals surface area contributed by atoms with Gasteiger partial charge in [0.1, 0.15) is 11.5 Å². The topological polar surface area (TPSA) is 70.9 Å². The van der Waals surface area contributed by atoms with E-state index in [0.717, 1.165) is 17.3 Å². The van der Waals surface area contributed by atoms with Crippen LogP contribution in [-0.2, 0) is 4.79 Å². The van der Waals surface area contributed by atoms with E-state index in [1.165, 1.54) is 0 Å². The monoisotopic (exact) mass is 482 g/mol. The number of aliphatic imine (C=N–C) groups is 1. The van der Waals surface area contributed by atoms with E-state index < -0.39 is 0 Å². The van der Waals surface area contributed by atoms with Gasteiger partial charge in [0, 0.05) is 28.7 Å². The number of carbonyl (C=O) groups excluding carboxylic acids is 1. The third-order valence-electron chi connectivity index (χ3n) is 3.63. The highest BCUT2D eigenvalue weighted by molar-refractivity contribution is 9.11. The molecular formula is C19H20Br2N2O3. The molecule has 0 saturated carbocycles. The van der Waals surface area contributed by atoms with Crippen LogP contribution in [0.2, 0.25) is 0 Å². The van der Waals surface area contributed by atoms with Crippen LogP contribution in [0.1, 0.15) is 31.7 Å². The number of benzene rings is 2. The molecule has 0 aromatic heterocycles. The number of rotatable bonds is 7. The first kappa shape index (κ1) is 20.5. The third-order valence-corrected chi connectivity index (χ3v) is 4.69. The Hall–Kier alpha value is -1.86. The van der Waals surface area contributed by atoms with Crippen LogP contribution in [-0.4, -0.2) is 24.3 Å². The highest BCUT2D eigenvalue weighted by atomic mass is 79.9. The molecule has 5 nitrogen and oxygen atoms in total. The van der Waals surface area contributed by atoms with E-state index in [1.807, 2.05) is 6.92 Å². The first-order chi connectivity index (χ1) is 12.4. The van der Waals surface area contributed by atoms with Crippen molar-refractivity contribution in [1.82, 2.24) is 0 Å². The SMILES string of the molecule is CCCCC(=O)Nc1ccc(N=Cc2cc(Br)cc(Br)c2O)cc1OC. The van der Waals surface area contributed by atoms with E-state index in [2.05, 4.69) is 42.2 Å². The number of nitrogens with one attached hydrogen (secondary N) is 1. The summed E-state index contributed by atoms with van der Waals surface area (Å²) < 4.78 is 6.76. The van der Waals surface area contributed by atoms with Crippen LogP contribution in [0.3, 0.4) is 0 Å². The Morgan fingerprint density at radius 3 is 2.77 bits per heavy atom. The first-order valence-electron chi connectivity index (χ1n) is 8.14. The summed E-state index contributed by atoms with van der Waals surface area (Å²) in [7, 11) is 1.54. The van der Waals surface area contributed by atoms with Gasteiger partial charge in [0.25, 0.3) is 0 Å². The summed E-state index contributed by atoms with van der Waals surface area (Å²) in [5.74, 6) is 0.609. The molecule has 0 fully saturated rings. The van der Waals surface area contributed by atoms with Crippen molar-refractivity contribution in [1.29, 1.82) is 0 Å². The highest BCUT2D eigenvalue weighted by Gasteiger charge is 2.09. The fourth-order valence-electron chi connectivity index (χ4n) is 2.24. The summed E-state index contributed by atoms with van der Waals surface area (Å²) in [5, 5.41) is 12.9. The summed E-state index contributed by atoms with van der Waals surface area (Å²) in [5.41, 5.74) is 1.83. The Labute approximate surface area is 169 Å². The number of hydrogen-bond donors (Lipinski definition) is 2. The van der Waals surface area contributed by atoms with Gasteiger partial charge in [0.2, 0.25) is 5.91 Å². The van der Waals surface area contributed by atoms with Crippen LogP contribution in [0.5, 0.6) is 11.5 Å². The summed E-state index contributed by atoms with van der Waals surface area (Å²) in [6.45, 7) is 2.04. The lowest BCUT2D eigenvalue weighted by Crippen LogP contribution is -2.11. The number of hydrogen-bond acceptors (Lipinski definition) is 4. The molecule has 2 aromatic carbocycles. The Morgan fingerprint density at radius 1 is 1.31 bits per heavy atom. The van der Waals surface area contributed by atoms with Crippen molar-refractivity contribution < 1.29 is 14.6 Å². The van der Waals surface area contributed by atoms with E-state index >= 15 is 0 Å². The minimum atomic E-state index is -0.0368. The second-order valence-corrected chi connectivity index (χ2v) is 7.39. The molecule has 2 rings (SSSR count). The van der Waals surface area contributed by atoms with Gasteiger partial charge >= 0.3 is 0 Å². The van der Waals surface area contributed by atoms with E-state index in [0.29, 0.717) is 33.6 Å². The lowest BCUT2D eigenvalue weighted by Gasteiger charge is -2.10. The van der Waals surface area contributed by atoms with Crippen molar-refractivity contribution in [2.75, 3.05) is 12.4 Å². The van der Waals surface area contributed by atoms with Gasteiger partial charge in [-0.3, -0.25) is 9.79 Å². The molecule has 0 spiro atoms. The van der Waals surface area contributed by atoms with Crippen LogP contribution < -0.4 is 10.1 Å². The predicted molar refractivity (Wildman–Crippen MR) is 112 cm³/mol. The van der Waals surface area contributed by atoms with Crippen LogP contribution in [0.25, 0.3) is 0 Å². The van der Waals surface area contributed by atoms with Crippen LogP contribution in [0.15, 0.2) is 44.3 Å². The molecule has 0 unspecified atom stereocenters. The number of aromatic hydroxyl groups is 1. The molecule has 2 N–H and O–H groups in total. The molecule has 0 radical (unpaired) electrons. The highest BCUT2D eigenvalue weighted by Crippen LogP contribution is 2.32. The van der Waals surface area contributed by atoms with Crippen molar-refractivity contribution >= 4 is 55.4 Å². The number of ether oxygens (including phenoxy) is 1. The quantitative estimate of drug-likeness (QED) is 0.488. The number of carbonyl (C=O) groups is 1. The molecule has 138 valence electrons. The zero-order valence-corrected chi connectivity index (χ0v) is 17.7. The van der Waals surface area contributed by atoms with Crippen molar-refractivity contribution in [3.05, 3.63) is 44.8 Å². The van der Waals surface area contributed by atoms with Crippen molar-refractivity contribution in [3.8, 4) is 11.5 Å². The van der Waals surface area contributed by atoms with Gasteiger partial charge in [-0.1, -0.05) is 29.3 Å². The van der Waals surface area contributed by atoms with Gasteiger partial charge in [0.05, 0.1) is 23.0 Å². The maximum absolute atomic E-state index is 11.9. The first-order valence-corrected chi connectivity index (χ1v) is 9.73. The minimum absolute atomic E-state index is 0.0368. The molecule has 0 heterocycles. The van der Waals surface area contributed by atoms with E-state index in [9.17, 15) is 9.90 Å². The van der Waals surface area contributed by atoms with Crippen LogP contribution in [0.4, 0.5) is 11.4 Å². The second kappa shape index (κ2) is 9.73. The molecule has 26 heavy (non-hydrogen) atoms. The third kappa shape index (κ3) is 5.57.